The number of imide groups is 1. The van der Waals surface area contributed by atoms with Crippen LogP contribution >= 0.6 is 11.6 Å². The molecule has 2 N–H and O–H groups in total. The molecule has 0 unspecified atom stereocenters. The Morgan fingerprint density at radius 2 is 2.14 bits per heavy atom. The van der Waals surface area contributed by atoms with Crippen LogP contribution in [0.3, 0.4) is 0 Å². The molecule has 0 radical (unpaired) electrons. The minimum Gasteiger partial charge on any atom is -0.376 e. The fourth-order valence-electron chi connectivity index (χ4n) is 2.11. The van der Waals surface area contributed by atoms with E-state index in [1.54, 1.807) is 18.2 Å². The molecule has 0 bridgehead atoms. The van der Waals surface area contributed by atoms with Gasteiger partial charge in [0, 0.05) is 32.1 Å². The van der Waals surface area contributed by atoms with E-state index in [9.17, 15) is 14.4 Å². The Labute approximate surface area is 133 Å². The molecule has 4 amide bonds. The number of nitrogens with zero attached hydrogens (tertiary/aromatic N) is 2. The van der Waals surface area contributed by atoms with Gasteiger partial charge in [0.25, 0.3) is 0 Å². The normalized spacial score (nSPS) is 14.6. The Hall–Kier alpha value is -2.28. The Morgan fingerprint density at radius 1 is 1.41 bits per heavy atom. The van der Waals surface area contributed by atoms with Crippen LogP contribution in [0.1, 0.15) is 6.42 Å². The fraction of sp³-hybridized carbons (Fsp3) is 0.357. The number of nitrogens with one attached hydrogen (secondary N) is 2. The highest BCUT2D eigenvalue weighted by molar-refractivity contribution is 6.31. The summed E-state index contributed by atoms with van der Waals surface area (Å²) in [6, 6.07) is 4.63. The molecule has 0 aliphatic carbocycles. The first-order valence-electron chi connectivity index (χ1n) is 6.72. The lowest BCUT2D eigenvalue weighted by Crippen LogP contribution is -2.51. The average molecular weight is 325 g/mol. The van der Waals surface area contributed by atoms with E-state index >= 15 is 0 Å². The Morgan fingerprint density at radius 3 is 2.77 bits per heavy atom. The monoisotopic (exact) mass is 324 g/mol. The maximum absolute atomic E-state index is 12.1. The molecule has 0 spiro atoms. The van der Waals surface area contributed by atoms with Crippen molar-refractivity contribution in [2.75, 3.05) is 37.4 Å². The van der Waals surface area contributed by atoms with Gasteiger partial charge in [-0.1, -0.05) is 11.6 Å². The first-order valence-corrected chi connectivity index (χ1v) is 7.10. The lowest BCUT2D eigenvalue weighted by atomic mass is 10.2. The van der Waals surface area contributed by atoms with Crippen molar-refractivity contribution in [3.8, 4) is 0 Å². The van der Waals surface area contributed by atoms with Crippen molar-refractivity contribution < 1.29 is 14.4 Å². The molecule has 0 saturated carbocycles. The van der Waals surface area contributed by atoms with Crippen molar-refractivity contribution in [1.29, 1.82) is 0 Å². The van der Waals surface area contributed by atoms with Gasteiger partial charge >= 0.3 is 6.03 Å². The van der Waals surface area contributed by atoms with Gasteiger partial charge < -0.3 is 15.1 Å². The van der Waals surface area contributed by atoms with Gasteiger partial charge in [0.2, 0.25) is 11.8 Å². The zero-order valence-corrected chi connectivity index (χ0v) is 13.1. The third-order valence-electron chi connectivity index (χ3n) is 3.19. The molecular formula is C14H17ClN4O3. The Kier molecular flexibility index (Phi) is 4.87. The van der Waals surface area contributed by atoms with Gasteiger partial charge in [0.1, 0.15) is 6.54 Å². The van der Waals surface area contributed by atoms with Crippen LogP contribution in [0.25, 0.3) is 0 Å². The lowest BCUT2D eigenvalue weighted by molar-refractivity contribution is -0.123. The number of carbonyl (C=O) groups excluding carboxylic acids is 3. The average Bonchev–Trinajstić information content (AvgIpc) is 2.41. The molecule has 1 aliphatic heterocycles. The molecule has 1 saturated heterocycles. The van der Waals surface area contributed by atoms with Crippen molar-refractivity contribution in [2.45, 2.75) is 6.42 Å². The number of hydrogen-bond donors (Lipinski definition) is 2. The summed E-state index contributed by atoms with van der Waals surface area (Å²) in [5, 5.41) is 5.42. The van der Waals surface area contributed by atoms with Crippen LogP contribution in [0.4, 0.5) is 16.2 Å². The quantitative estimate of drug-likeness (QED) is 0.874. The summed E-state index contributed by atoms with van der Waals surface area (Å²) >= 11 is 5.95. The third kappa shape index (κ3) is 3.88. The molecule has 8 heteroatoms. The van der Waals surface area contributed by atoms with E-state index in [1.807, 2.05) is 19.0 Å². The fourth-order valence-corrected chi connectivity index (χ4v) is 2.28. The first kappa shape index (κ1) is 16.1. The molecule has 0 atom stereocenters. The van der Waals surface area contributed by atoms with Gasteiger partial charge in [0.15, 0.2) is 0 Å². The molecule has 1 aromatic carbocycles. The van der Waals surface area contributed by atoms with E-state index in [0.29, 0.717) is 10.7 Å². The molecule has 1 aliphatic rings. The van der Waals surface area contributed by atoms with E-state index in [-0.39, 0.29) is 31.3 Å². The van der Waals surface area contributed by atoms with Gasteiger partial charge in [-0.15, -0.1) is 0 Å². The maximum Gasteiger partial charge on any atom is 0.324 e. The van der Waals surface area contributed by atoms with Gasteiger partial charge in [0.05, 0.1) is 11.4 Å². The maximum atomic E-state index is 12.1. The lowest BCUT2D eigenvalue weighted by Gasteiger charge is -2.26. The van der Waals surface area contributed by atoms with E-state index < -0.39 is 6.03 Å². The SMILES string of the molecule is CN(C)c1ccc(Cl)cc1NC(=O)CN1CCC(=O)NC1=O. The highest BCUT2D eigenvalue weighted by atomic mass is 35.5. The van der Waals surface area contributed by atoms with Crippen LogP contribution in [0.2, 0.25) is 5.02 Å². The highest BCUT2D eigenvalue weighted by Gasteiger charge is 2.24. The van der Waals surface area contributed by atoms with Crippen molar-refractivity contribution >= 4 is 40.8 Å². The van der Waals surface area contributed by atoms with E-state index in [0.717, 1.165) is 5.69 Å². The summed E-state index contributed by atoms with van der Waals surface area (Å²) in [4.78, 5) is 37.9. The minimum atomic E-state index is -0.551. The zero-order valence-electron chi connectivity index (χ0n) is 12.4. The molecule has 118 valence electrons. The Balaban J connectivity index is 2.05. The molecule has 0 aromatic heterocycles. The summed E-state index contributed by atoms with van der Waals surface area (Å²) in [6.07, 6.45) is 0.194. The first-order chi connectivity index (χ1) is 10.4. The number of anilines is 2. The molecule has 1 fully saturated rings. The van der Waals surface area contributed by atoms with Gasteiger partial charge in [-0.3, -0.25) is 14.9 Å². The minimum absolute atomic E-state index is 0.126. The second-order valence-corrected chi connectivity index (χ2v) is 5.57. The van der Waals surface area contributed by atoms with E-state index in [2.05, 4.69) is 10.6 Å². The third-order valence-corrected chi connectivity index (χ3v) is 3.43. The molecule has 1 aromatic rings. The number of urea groups is 1. The molecule has 7 nitrogen and oxygen atoms in total. The Bertz CT molecular complexity index is 618. The van der Waals surface area contributed by atoms with Gasteiger partial charge in [-0.05, 0) is 18.2 Å². The van der Waals surface area contributed by atoms with Crippen LogP contribution in [-0.2, 0) is 9.59 Å². The number of carbonyl (C=O) groups is 3. The van der Waals surface area contributed by atoms with Crippen molar-refractivity contribution in [3.63, 3.8) is 0 Å². The highest BCUT2D eigenvalue weighted by Crippen LogP contribution is 2.27. The molecule has 2 rings (SSSR count). The van der Waals surface area contributed by atoms with Gasteiger partial charge in [-0.2, -0.15) is 0 Å². The number of halogens is 1. The predicted molar refractivity (Wildman–Crippen MR) is 84.1 cm³/mol. The van der Waals surface area contributed by atoms with Crippen molar-refractivity contribution in [3.05, 3.63) is 23.2 Å². The van der Waals surface area contributed by atoms with Crippen molar-refractivity contribution in [2.24, 2.45) is 0 Å². The van der Waals surface area contributed by atoms with Gasteiger partial charge in [-0.25, -0.2) is 4.79 Å². The van der Waals surface area contributed by atoms with Crippen LogP contribution < -0.4 is 15.5 Å². The van der Waals surface area contributed by atoms with Crippen LogP contribution in [-0.4, -0.2) is 49.9 Å². The van der Waals surface area contributed by atoms with E-state index in [4.69, 9.17) is 11.6 Å². The van der Waals surface area contributed by atoms with Crippen molar-refractivity contribution in [1.82, 2.24) is 10.2 Å². The molecule has 22 heavy (non-hydrogen) atoms. The molecular weight excluding hydrogens is 308 g/mol. The summed E-state index contributed by atoms with van der Waals surface area (Å²) in [5.74, 6) is -0.679. The second-order valence-electron chi connectivity index (χ2n) is 5.13. The topological polar surface area (TPSA) is 81.8 Å². The summed E-state index contributed by atoms with van der Waals surface area (Å²) in [5.41, 5.74) is 1.37. The second kappa shape index (κ2) is 6.65. The van der Waals surface area contributed by atoms with E-state index in [1.165, 1.54) is 4.90 Å². The molecule has 1 heterocycles. The predicted octanol–water partition coefficient (Wildman–Crippen LogP) is 1.29. The summed E-state index contributed by atoms with van der Waals surface area (Å²) in [6.45, 7) is 0.104. The van der Waals surface area contributed by atoms with Crippen LogP contribution in [0.5, 0.6) is 0 Å². The van der Waals surface area contributed by atoms with Crippen LogP contribution in [0, 0.1) is 0 Å². The summed E-state index contributed by atoms with van der Waals surface area (Å²) in [7, 11) is 3.70. The number of amides is 4. The number of hydrogen-bond acceptors (Lipinski definition) is 4. The zero-order chi connectivity index (χ0) is 16.3. The largest absolute Gasteiger partial charge is 0.376 e. The number of benzene rings is 1. The summed E-state index contributed by atoms with van der Waals surface area (Å²) < 4.78 is 0. The number of rotatable bonds is 4. The smallest absolute Gasteiger partial charge is 0.324 e. The van der Waals surface area contributed by atoms with Crippen LogP contribution in [0.15, 0.2) is 18.2 Å². The standard InChI is InChI=1S/C14H17ClN4O3/c1-18(2)11-4-3-9(15)7-10(11)16-13(21)8-19-6-5-12(20)17-14(19)22/h3-4,7H,5-6,8H2,1-2H3,(H,16,21)(H,17,20,22).